The average Bonchev–Trinajstić information content (AvgIpc) is 3.24. The molecule has 3 atom stereocenters. The molecule has 0 radical (unpaired) electrons. The summed E-state index contributed by atoms with van der Waals surface area (Å²) in [7, 11) is 0. The lowest BCUT2D eigenvalue weighted by Gasteiger charge is -2.22. The van der Waals surface area contributed by atoms with Gasteiger partial charge in [0, 0.05) is 0 Å². The van der Waals surface area contributed by atoms with E-state index in [2.05, 4.69) is 15.5 Å². The van der Waals surface area contributed by atoms with E-state index in [1.165, 1.54) is 6.42 Å². The van der Waals surface area contributed by atoms with E-state index in [1.807, 2.05) is 0 Å². The van der Waals surface area contributed by atoms with E-state index in [4.69, 9.17) is 14.0 Å². The van der Waals surface area contributed by atoms with Crippen molar-refractivity contribution in [2.45, 2.75) is 62.8 Å². The van der Waals surface area contributed by atoms with Crippen LogP contribution in [-0.2, 0) is 15.9 Å². The minimum Gasteiger partial charge on any atom is -0.378 e. The summed E-state index contributed by atoms with van der Waals surface area (Å²) in [5.74, 6) is 1.87. The maximum atomic E-state index is 5.88. The monoisotopic (exact) mass is 293 g/mol. The van der Waals surface area contributed by atoms with Gasteiger partial charge >= 0.3 is 0 Å². The molecule has 21 heavy (non-hydrogen) atoms. The standard InChI is InChI=1S/C15H23N3O3/c1-2-13-12(9-11(1)20-13)15-17-14(21-18-15)5-8-19-10-3-6-16-7-4-10/h10-13,16H,1-9H2. The van der Waals surface area contributed by atoms with Gasteiger partial charge < -0.3 is 19.3 Å². The zero-order chi connectivity index (χ0) is 14.1. The third kappa shape index (κ3) is 2.98. The van der Waals surface area contributed by atoms with Crippen molar-refractivity contribution < 1.29 is 14.0 Å². The van der Waals surface area contributed by atoms with Gasteiger partial charge in [0.15, 0.2) is 5.82 Å². The second kappa shape index (κ2) is 6.02. The number of nitrogens with one attached hydrogen (secondary N) is 1. The Bertz CT molecular complexity index is 472. The largest absolute Gasteiger partial charge is 0.378 e. The Kier molecular flexibility index (Phi) is 3.92. The quantitative estimate of drug-likeness (QED) is 0.885. The van der Waals surface area contributed by atoms with Crippen LogP contribution >= 0.6 is 0 Å². The molecule has 0 saturated carbocycles. The molecule has 1 aromatic heterocycles. The molecular formula is C15H23N3O3. The molecule has 6 heteroatoms. The van der Waals surface area contributed by atoms with Crippen LogP contribution in [0.3, 0.4) is 0 Å². The number of nitrogens with zero attached hydrogens (tertiary/aromatic N) is 2. The second-order valence-corrected chi connectivity index (χ2v) is 6.33. The smallest absolute Gasteiger partial charge is 0.228 e. The summed E-state index contributed by atoms with van der Waals surface area (Å²) in [6.45, 7) is 2.78. The third-order valence-corrected chi connectivity index (χ3v) is 4.88. The predicted octanol–water partition coefficient (Wildman–Crippen LogP) is 1.42. The number of rotatable bonds is 5. The molecule has 3 unspecified atom stereocenters. The van der Waals surface area contributed by atoms with Crippen LogP contribution in [0.15, 0.2) is 4.52 Å². The molecule has 6 nitrogen and oxygen atoms in total. The van der Waals surface area contributed by atoms with Crippen LogP contribution in [0.2, 0.25) is 0 Å². The Morgan fingerprint density at radius 2 is 2.10 bits per heavy atom. The van der Waals surface area contributed by atoms with Gasteiger partial charge in [0.25, 0.3) is 0 Å². The van der Waals surface area contributed by atoms with Crippen molar-refractivity contribution in [3.8, 4) is 0 Å². The van der Waals surface area contributed by atoms with Crippen LogP contribution in [0.5, 0.6) is 0 Å². The normalized spacial score (nSPS) is 32.9. The van der Waals surface area contributed by atoms with Crippen molar-refractivity contribution in [3.05, 3.63) is 11.7 Å². The molecule has 3 aliphatic heterocycles. The van der Waals surface area contributed by atoms with Crippen molar-refractivity contribution in [2.24, 2.45) is 0 Å². The fourth-order valence-corrected chi connectivity index (χ4v) is 3.70. The average molecular weight is 293 g/mol. The summed E-state index contributed by atoms with van der Waals surface area (Å²) in [6, 6.07) is 0. The number of ether oxygens (including phenoxy) is 2. The topological polar surface area (TPSA) is 69.4 Å². The highest BCUT2D eigenvalue weighted by molar-refractivity contribution is 5.06. The first-order valence-corrected chi connectivity index (χ1v) is 8.19. The summed E-state index contributed by atoms with van der Waals surface area (Å²) in [5, 5.41) is 7.49. The van der Waals surface area contributed by atoms with Gasteiger partial charge in [-0.2, -0.15) is 4.98 Å². The van der Waals surface area contributed by atoms with Gasteiger partial charge in [-0.25, -0.2) is 0 Å². The van der Waals surface area contributed by atoms with Gasteiger partial charge in [0.2, 0.25) is 5.89 Å². The van der Waals surface area contributed by atoms with Crippen molar-refractivity contribution in [1.29, 1.82) is 0 Å². The first-order chi connectivity index (χ1) is 10.4. The number of fused-ring (bicyclic) bond motifs is 2. The Balaban J connectivity index is 1.27. The van der Waals surface area contributed by atoms with E-state index in [9.17, 15) is 0 Å². The molecule has 0 aromatic carbocycles. The van der Waals surface area contributed by atoms with E-state index < -0.39 is 0 Å². The number of hydrogen-bond donors (Lipinski definition) is 1. The van der Waals surface area contributed by atoms with E-state index >= 15 is 0 Å². The fraction of sp³-hybridized carbons (Fsp3) is 0.867. The molecule has 2 bridgehead atoms. The van der Waals surface area contributed by atoms with Crippen molar-refractivity contribution in [2.75, 3.05) is 19.7 Å². The molecule has 3 fully saturated rings. The van der Waals surface area contributed by atoms with E-state index in [1.54, 1.807) is 0 Å². The van der Waals surface area contributed by atoms with Crippen molar-refractivity contribution >= 4 is 0 Å². The van der Waals surface area contributed by atoms with Gasteiger partial charge in [-0.3, -0.25) is 0 Å². The lowest BCUT2D eigenvalue weighted by atomic mass is 9.89. The molecule has 0 aliphatic carbocycles. The SMILES string of the molecule is C1CC(OCCc2nc(C3CC4CCC3O4)no2)CCN1. The molecule has 1 aromatic rings. The first-order valence-electron chi connectivity index (χ1n) is 8.19. The summed E-state index contributed by atoms with van der Waals surface area (Å²) < 4.78 is 17.1. The Hall–Kier alpha value is -0.980. The van der Waals surface area contributed by atoms with E-state index in [-0.39, 0.29) is 0 Å². The van der Waals surface area contributed by atoms with Gasteiger partial charge in [-0.1, -0.05) is 5.16 Å². The summed E-state index contributed by atoms with van der Waals surface area (Å²) in [4.78, 5) is 4.54. The summed E-state index contributed by atoms with van der Waals surface area (Å²) >= 11 is 0. The van der Waals surface area contributed by atoms with Gasteiger partial charge in [0.1, 0.15) is 0 Å². The highest BCUT2D eigenvalue weighted by Crippen LogP contribution is 2.43. The zero-order valence-corrected chi connectivity index (χ0v) is 12.3. The number of hydrogen-bond acceptors (Lipinski definition) is 6. The Labute approximate surface area is 124 Å². The van der Waals surface area contributed by atoms with Crippen molar-refractivity contribution in [1.82, 2.24) is 15.5 Å². The molecule has 3 aliphatic rings. The molecule has 1 N–H and O–H groups in total. The Morgan fingerprint density at radius 3 is 2.86 bits per heavy atom. The lowest BCUT2D eigenvalue weighted by molar-refractivity contribution is 0.0322. The van der Waals surface area contributed by atoms with E-state index in [0.717, 1.165) is 44.6 Å². The van der Waals surface area contributed by atoms with Crippen LogP contribution in [0.25, 0.3) is 0 Å². The van der Waals surface area contributed by atoms with Gasteiger partial charge in [0.05, 0.1) is 37.3 Å². The molecule has 0 amide bonds. The minimum atomic E-state index is 0.312. The highest BCUT2D eigenvalue weighted by atomic mass is 16.5. The number of aromatic nitrogens is 2. The molecule has 4 heterocycles. The molecule has 4 rings (SSSR count). The van der Waals surface area contributed by atoms with Gasteiger partial charge in [-0.05, 0) is 45.2 Å². The summed E-state index contributed by atoms with van der Waals surface area (Å²) in [6.07, 6.45) is 7.39. The molecule has 3 saturated heterocycles. The van der Waals surface area contributed by atoms with Crippen LogP contribution < -0.4 is 5.32 Å². The van der Waals surface area contributed by atoms with E-state index in [0.29, 0.717) is 43.1 Å². The lowest BCUT2D eigenvalue weighted by Crippen LogP contribution is -2.32. The molecule has 116 valence electrons. The maximum Gasteiger partial charge on any atom is 0.228 e. The van der Waals surface area contributed by atoms with Crippen LogP contribution in [0.1, 0.15) is 49.7 Å². The predicted molar refractivity (Wildman–Crippen MR) is 75.1 cm³/mol. The third-order valence-electron chi connectivity index (χ3n) is 4.88. The Morgan fingerprint density at radius 1 is 1.19 bits per heavy atom. The van der Waals surface area contributed by atoms with Gasteiger partial charge in [-0.15, -0.1) is 0 Å². The van der Waals surface area contributed by atoms with Crippen molar-refractivity contribution in [3.63, 3.8) is 0 Å². The number of piperidine rings is 1. The second-order valence-electron chi connectivity index (χ2n) is 6.33. The molecular weight excluding hydrogens is 270 g/mol. The van der Waals surface area contributed by atoms with Crippen LogP contribution in [0, 0.1) is 0 Å². The maximum absolute atomic E-state index is 5.88. The highest BCUT2D eigenvalue weighted by Gasteiger charge is 2.43. The summed E-state index contributed by atoms with van der Waals surface area (Å²) in [5.41, 5.74) is 0. The zero-order valence-electron chi connectivity index (χ0n) is 12.3. The molecule has 0 spiro atoms. The van der Waals surface area contributed by atoms with Crippen LogP contribution in [-0.4, -0.2) is 48.1 Å². The van der Waals surface area contributed by atoms with Crippen LogP contribution in [0.4, 0.5) is 0 Å². The fourth-order valence-electron chi connectivity index (χ4n) is 3.70. The first kappa shape index (κ1) is 13.7. The minimum absolute atomic E-state index is 0.312.